The third-order valence-electron chi connectivity index (χ3n) is 8.96. The second-order valence-electron chi connectivity index (χ2n) is 13.5. The zero-order chi connectivity index (χ0) is 33.9. The van der Waals surface area contributed by atoms with Crippen LogP contribution >= 0.6 is 11.6 Å². The van der Waals surface area contributed by atoms with Gasteiger partial charge in [-0.25, -0.2) is 0 Å². The van der Waals surface area contributed by atoms with Crippen LogP contribution < -0.4 is 19.3 Å². The number of para-hydroxylation sites is 4. The quantitative estimate of drug-likeness (QED) is 0.248. The molecule has 2 atom stereocenters. The fraction of sp³-hybridized carbons (Fsp3) is 0.622. The Bertz CT molecular complexity index is 1240. The van der Waals surface area contributed by atoms with E-state index in [1.165, 1.54) is 17.1 Å². The average Bonchev–Trinajstić information content (AvgIpc) is 3.75. The summed E-state index contributed by atoms with van der Waals surface area (Å²) >= 11 is 5.81. The largest absolute Gasteiger partial charge is 0.489 e. The number of hydrogen-bond donors (Lipinski definition) is 0. The minimum Gasteiger partial charge on any atom is -0.489 e. The van der Waals surface area contributed by atoms with E-state index in [-0.39, 0.29) is 24.4 Å². The van der Waals surface area contributed by atoms with Gasteiger partial charge in [-0.1, -0.05) is 41.5 Å². The van der Waals surface area contributed by atoms with Crippen LogP contribution in [0.2, 0.25) is 0 Å². The maximum Gasteiger partial charge on any atom is 0.145 e. The molecule has 0 bridgehead atoms. The van der Waals surface area contributed by atoms with Crippen LogP contribution in [-0.2, 0) is 9.68 Å². The summed E-state index contributed by atoms with van der Waals surface area (Å²) in [6, 6.07) is 16.7. The summed E-state index contributed by atoms with van der Waals surface area (Å²) in [4.78, 5) is 20.8. The molecule has 0 aromatic heterocycles. The van der Waals surface area contributed by atoms with E-state index in [4.69, 9.17) is 30.7 Å². The summed E-state index contributed by atoms with van der Waals surface area (Å²) < 4.78 is 11.9. The summed E-state index contributed by atoms with van der Waals surface area (Å²) in [5.41, 5.74) is 4.55. The predicted molar refractivity (Wildman–Crippen MR) is 197 cm³/mol. The number of hydrogen-bond acceptors (Lipinski definition) is 10. The average molecular weight is 683 g/mol. The highest BCUT2D eigenvalue weighted by Crippen LogP contribution is 2.31. The molecular weight excluding hydrogens is 628 g/mol. The van der Waals surface area contributed by atoms with Gasteiger partial charge in [-0.2, -0.15) is 0 Å². The lowest BCUT2D eigenvalue weighted by atomic mass is 10.1. The van der Waals surface area contributed by atoms with E-state index in [0.717, 1.165) is 102 Å². The molecule has 4 heterocycles. The molecule has 4 aliphatic rings. The summed E-state index contributed by atoms with van der Waals surface area (Å²) in [6.45, 7) is 20.5. The van der Waals surface area contributed by atoms with E-state index in [1.807, 2.05) is 12.1 Å². The maximum atomic E-state index is 5.97. The normalized spacial score (nSPS) is 21.8. The van der Waals surface area contributed by atoms with Crippen LogP contribution in [0.1, 0.15) is 53.9 Å². The third-order valence-corrected chi connectivity index (χ3v) is 9.26. The van der Waals surface area contributed by atoms with Crippen molar-refractivity contribution in [1.82, 2.24) is 9.80 Å². The van der Waals surface area contributed by atoms with Crippen LogP contribution in [0.4, 0.5) is 11.4 Å². The van der Waals surface area contributed by atoms with E-state index in [1.54, 1.807) is 0 Å². The fourth-order valence-electron chi connectivity index (χ4n) is 6.52. The molecule has 0 amide bonds. The van der Waals surface area contributed by atoms with Gasteiger partial charge in [-0.3, -0.25) is 9.80 Å². The van der Waals surface area contributed by atoms with Gasteiger partial charge >= 0.3 is 0 Å². The number of nitrogens with zero attached hydrogens (tertiary/aromatic N) is 6. The van der Waals surface area contributed by atoms with Crippen molar-refractivity contribution in [1.29, 1.82) is 0 Å². The Balaban J connectivity index is 0.000000188. The van der Waals surface area contributed by atoms with Crippen molar-refractivity contribution in [3.05, 3.63) is 48.5 Å². The van der Waals surface area contributed by atoms with Crippen LogP contribution in [0.3, 0.4) is 0 Å². The Morgan fingerprint density at radius 1 is 0.667 bits per heavy atom. The molecule has 0 radical (unpaired) electrons. The number of alkyl halides is 1. The molecule has 48 heavy (non-hydrogen) atoms. The molecule has 0 N–H and O–H groups in total. The van der Waals surface area contributed by atoms with Gasteiger partial charge in [-0.15, -0.1) is 11.6 Å². The molecule has 6 rings (SSSR count). The summed E-state index contributed by atoms with van der Waals surface area (Å²) in [5.74, 6) is 2.43. The Morgan fingerprint density at radius 2 is 1.08 bits per heavy atom. The third kappa shape index (κ3) is 10.4. The monoisotopic (exact) mass is 682 g/mol. The van der Waals surface area contributed by atoms with Gasteiger partial charge in [0.15, 0.2) is 0 Å². The number of halogens is 1. The number of piperazine rings is 2. The van der Waals surface area contributed by atoms with Crippen molar-refractivity contribution in [2.75, 3.05) is 81.1 Å². The molecule has 2 aromatic rings. The Hall–Kier alpha value is -3.21. The smallest absolute Gasteiger partial charge is 0.145 e. The summed E-state index contributed by atoms with van der Waals surface area (Å²) in [7, 11) is 0. The van der Waals surface area contributed by atoms with E-state index >= 15 is 0 Å². The van der Waals surface area contributed by atoms with Crippen LogP contribution in [0.25, 0.3) is 0 Å². The second kappa shape index (κ2) is 18.0. The van der Waals surface area contributed by atoms with Gasteiger partial charge in [-0.05, 0) is 58.4 Å². The van der Waals surface area contributed by atoms with Gasteiger partial charge in [0.05, 0.1) is 40.9 Å². The predicted octanol–water partition coefficient (Wildman–Crippen LogP) is 6.13. The van der Waals surface area contributed by atoms with Gasteiger partial charge in [0.1, 0.15) is 23.7 Å². The van der Waals surface area contributed by atoms with E-state index in [9.17, 15) is 0 Å². The number of rotatable bonds is 12. The fourth-order valence-corrected chi connectivity index (χ4v) is 6.68. The number of ether oxygens (including phenoxy) is 2. The van der Waals surface area contributed by atoms with Crippen molar-refractivity contribution < 1.29 is 19.1 Å². The highest BCUT2D eigenvalue weighted by Gasteiger charge is 2.28. The molecule has 0 aliphatic carbocycles. The first-order chi connectivity index (χ1) is 23.3. The van der Waals surface area contributed by atoms with Crippen molar-refractivity contribution in [3.8, 4) is 11.5 Å². The van der Waals surface area contributed by atoms with E-state index in [0.29, 0.717) is 5.88 Å². The van der Waals surface area contributed by atoms with Crippen LogP contribution in [-0.4, -0.2) is 117 Å². The van der Waals surface area contributed by atoms with E-state index in [2.05, 4.69) is 101 Å². The van der Waals surface area contributed by atoms with Gasteiger partial charge in [0.25, 0.3) is 0 Å². The van der Waals surface area contributed by atoms with E-state index < -0.39 is 0 Å². The molecule has 2 unspecified atom stereocenters. The molecule has 2 saturated heterocycles. The molecule has 0 saturated carbocycles. The molecule has 2 fully saturated rings. The molecule has 10 nitrogen and oxygen atoms in total. The molecule has 11 heteroatoms. The first kappa shape index (κ1) is 36.1. The lowest BCUT2D eigenvalue weighted by molar-refractivity contribution is 0.0509. The Labute approximate surface area is 292 Å². The Kier molecular flexibility index (Phi) is 13.5. The Morgan fingerprint density at radius 3 is 1.46 bits per heavy atom. The van der Waals surface area contributed by atoms with Crippen molar-refractivity contribution in [3.63, 3.8) is 0 Å². The van der Waals surface area contributed by atoms with Crippen LogP contribution in [0, 0.1) is 0 Å². The standard InChI is InChI=1S/C19H29N3O2.C18H26ClN3O2/c1-4-16-13-17(24-20-16)14-21-9-11-22(12-10-21)18-7-5-6-8-19(18)23-15(2)3;1-14(2)23-18-6-4-3-5-17(18)22-9-7-21(8-10-22)13-16-11-15(12-19)20-24-16/h5-8,15,17H,4,9-14H2,1-3H3;3-6,14,16H,7-13H2,1-2H3. The topological polar surface area (TPSA) is 74.6 Å². The molecule has 264 valence electrons. The van der Waals surface area contributed by atoms with Crippen molar-refractivity contribution >= 4 is 34.4 Å². The number of oxime groups is 2. The first-order valence-corrected chi connectivity index (χ1v) is 18.3. The summed E-state index contributed by atoms with van der Waals surface area (Å²) in [6.07, 6.45) is 3.61. The van der Waals surface area contributed by atoms with Crippen molar-refractivity contribution in [2.24, 2.45) is 10.3 Å². The zero-order valence-electron chi connectivity index (χ0n) is 29.5. The molecular formula is C37H55ClN6O4. The van der Waals surface area contributed by atoms with Crippen LogP contribution in [0.5, 0.6) is 11.5 Å². The molecule has 2 aromatic carbocycles. The summed E-state index contributed by atoms with van der Waals surface area (Å²) in [5, 5.41) is 8.20. The van der Waals surface area contributed by atoms with Crippen LogP contribution in [0.15, 0.2) is 58.8 Å². The van der Waals surface area contributed by atoms with Crippen molar-refractivity contribution in [2.45, 2.75) is 78.3 Å². The van der Waals surface area contributed by atoms with Gasteiger partial charge in [0, 0.05) is 78.3 Å². The lowest BCUT2D eigenvalue weighted by Gasteiger charge is -2.37. The number of anilines is 2. The molecule has 4 aliphatic heterocycles. The zero-order valence-corrected chi connectivity index (χ0v) is 30.3. The van der Waals surface area contributed by atoms with Gasteiger partial charge < -0.3 is 28.9 Å². The highest BCUT2D eigenvalue weighted by molar-refractivity contribution is 6.28. The maximum absolute atomic E-state index is 5.97. The minimum absolute atomic E-state index is 0.155. The minimum atomic E-state index is 0.155. The SMILES string of the molecule is CC(C)Oc1ccccc1N1CCN(CC2CC(CCl)=NO2)CC1.CCC1=NOC(CN2CCN(c3ccccc3OC(C)C)CC2)C1. The lowest BCUT2D eigenvalue weighted by Crippen LogP contribution is -2.48. The highest BCUT2D eigenvalue weighted by atomic mass is 35.5. The second-order valence-corrected chi connectivity index (χ2v) is 13.8. The first-order valence-electron chi connectivity index (χ1n) is 17.8. The molecule has 0 spiro atoms. The number of benzene rings is 2. The van der Waals surface area contributed by atoms with Gasteiger partial charge in [0.2, 0.25) is 0 Å².